The monoisotopic (exact) mass is 417 g/mol. The summed E-state index contributed by atoms with van der Waals surface area (Å²) in [7, 11) is 0. The van der Waals surface area contributed by atoms with Crippen molar-refractivity contribution in [3.8, 4) is 11.5 Å². The normalized spacial score (nSPS) is 10.7. The summed E-state index contributed by atoms with van der Waals surface area (Å²) in [4.78, 5) is 21.0. The van der Waals surface area contributed by atoms with Crippen molar-refractivity contribution in [2.24, 2.45) is 0 Å². The van der Waals surface area contributed by atoms with E-state index in [1.807, 2.05) is 12.1 Å². The Kier molecular flexibility index (Phi) is 5.78. The van der Waals surface area contributed by atoms with E-state index in [1.54, 1.807) is 29.8 Å². The summed E-state index contributed by atoms with van der Waals surface area (Å²) in [5.74, 6) is -0.126. The molecule has 3 rings (SSSR count). The quantitative estimate of drug-likeness (QED) is 0.562. The van der Waals surface area contributed by atoms with Crippen molar-refractivity contribution in [3.63, 3.8) is 0 Å². The lowest BCUT2D eigenvalue weighted by atomic mass is 10.1. The molecular weight excluding hydrogens is 401 g/mol. The number of halogens is 2. The summed E-state index contributed by atoms with van der Waals surface area (Å²) in [6.45, 7) is 2.53. The number of aryl methyl sites for hydroxylation is 1. The molecule has 0 aliphatic carbocycles. The highest BCUT2D eigenvalue weighted by atomic mass is 79.9. The predicted octanol–water partition coefficient (Wildman–Crippen LogP) is 4.27. The van der Waals surface area contributed by atoms with Crippen molar-refractivity contribution >= 4 is 21.9 Å². The van der Waals surface area contributed by atoms with E-state index in [1.165, 1.54) is 18.3 Å². The zero-order valence-corrected chi connectivity index (χ0v) is 15.7. The predicted molar refractivity (Wildman–Crippen MR) is 99.2 cm³/mol. The second kappa shape index (κ2) is 8.23. The minimum atomic E-state index is -0.430. The van der Waals surface area contributed by atoms with Gasteiger partial charge >= 0.3 is 5.97 Å². The molecule has 0 fully saturated rings. The highest BCUT2D eigenvalue weighted by Gasteiger charge is 2.19. The molecule has 0 aliphatic heterocycles. The highest BCUT2D eigenvalue weighted by Crippen LogP contribution is 2.22. The van der Waals surface area contributed by atoms with Crippen LogP contribution >= 0.6 is 15.9 Å². The number of benzene rings is 1. The maximum absolute atomic E-state index is 13.1. The summed E-state index contributed by atoms with van der Waals surface area (Å²) in [6.07, 6.45) is 3.78. The molecule has 26 heavy (non-hydrogen) atoms. The average Bonchev–Trinajstić information content (AvgIpc) is 3.05. The second-order valence-corrected chi connectivity index (χ2v) is 6.49. The zero-order valence-electron chi connectivity index (χ0n) is 14.2. The third-order valence-corrected chi connectivity index (χ3v) is 4.32. The van der Waals surface area contributed by atoms with Crippen molar-refractivity contribution in [2.45, 2.75) is 19.9 Å². The lowest BCUT2D eigenvalue weighted by Gasteiger charge is -2.11. The molecule has 134 valence electrons. The molecule has 0 saturated carbocycles. The Morgan fingerprint density at radius 3 is 2.69 bits per heavy atom. The molecule has 0 bridgehead atoms. The smallest absolute Gasteiger partial charge is 0.356 e. The Morgan fingerprint density at radius 1 is 1.23 bits per heavy atom. The van der Waals surface area contributed by atoms with Gasteiger partial charge in [0.15, 0.2) is 5.82 Å². The minimum Gasteiger partial charge on any atom is -0.461 e. The van der Waals surface area contributed by atoms with E-state index in [2.05, 4.69) is 25.9 Å². The van der Waals surface area contributed by atoms with Crippen LogP contribution in [0.5, 0.6) is 0 Å². The van der Waals surface area contributed by atoms with E-state index in [9.17, 15) is 9.18 Å². The Bertz CT molecular complexity index is 909. The molecule has 1 aromatic carbocycles. The van der Waals surface area contributed by atoms with E-state index in [0.29, 0.717) is 30.2 Å². The first kappa shape index (κ1) is 18.3. The van der Waals surface area contributed by atoms with Crippen LogP contribution < -0.4 is 0 Å². The first-order valence-electron chi connectivity index (χ1n) is 8.17. The Morgan fingerprint density at radius 2 is 2.00 bits per heavy atom. The van der Waals surface area contributed by atoms with Crippen molar-refractivity contribution < 1.29 is 13.9 Å². The maximum Gasteiger partial charge on any atom is 0.356 e. The van der Waals surface area contributed by atoms with Gasteiger partial charge in [0.25, 0.3) is 0 Å². The largest absolute Gasteiger partial charge is 0.461 e. The second-order valence-electron chi connectivity index (χ2n) is 5.57. The summed E-state index contributed by atoms with van der Waals surface area (Å²) in [5.41, 5.74) is 1.97. The Balaban J connectivity index is 1.94. The molecule has 2 heterocycles. The van der Waals surface area contributed by atoms with E-state index in [4.69, 9.17) is 4.74 Å². The first-order valence-corrected chi connectivity index (χ1v) is 8.97. The van der Waals surface area contributed by atoms with Crippen LogP contribution in [-0.4, -0.2) is 27.1 Å². The molecule has 0 atom stereocenters. The molecule has 3 aromatic rings. The number of nitrogens with zero attached hydrogens (tertiary/aromatic N) is 3. The summed E-state index contributed by atoms with van der Waals surface area (Å²) >= 11 is 3.42. The van der Waals surface area contributed by atoms with Crippen LogP contribution in [0.1, 0.15) is 23.0 Å². The molecule has 0 spiro atoms. The molecule has 0 amide bonds. The number of hydrogen-bond donors (Lipinski definition) is 0. The third-order valence-electron chi connectivity index (χ3n) is 3.83. The van der Waals surface area contributed by atoms with Gasteiger partial charge in [-0.1, -0.05) is 28.1 Å². The van der Waals surface area contributed by atoms with Gasteiger partial charge in [-0.2, -0.15) is 0 Å². The number of carbonyl (C=O) groups is 1. The zero-order chi connectivity index (χ0) is 18.5. The van der Waals surface area contributed by atoms with Gasteiger partial charge in [-0.15, -0.1) is 0 Å². The van der Waals surface area contributed by atoms with Crippen molar-refractivity contribution in [3.05, 3.63) is 70.3 Å². The van der Waals surface area contributed by atoms with Gasteiger partial charge in [0.1, 0.15) is 17.2 Å². The number of carbonyl (C=O) groups excluding carboxylic acids is 1. The lowest BCUT2D eigenvalue weighted by molar-refractivity contribution is 0.0514. The summed E-state index contributed by atoms with van der Waals surface area (Å²) < 4.78 is 20.9. The number of rotatable bonds is 6. The number of esters is 1. The fraction of sp³-hybridized carbons (Fsp3) is 0.211. The van der Waals surface area contributed by atoms with E-state index >= 15 is 0 Å². The summed E-state index contributed by atoms with van der Waals surface area (Å²) in [6, 6.07) is 9.96. The number of hydrogen-bond acceptors (Lipinski definition) is 4. The standard InChI is InChI=1S/C19H17BrFN3O2/c1-2-26-19(25)17-12-23-18(16-11-14(20)7-9-22-16)24(17)10-8-13-3-5-15(21)6-4-13/h3-7,9,11-12H,2,8,10H2,1H3. The van der Waals surface area contributed by atoms with Gasteiger partial charge < -0.3 is 9.30 Å². The van der Waals surface area contributed by atoms with Crippen molar-refractivity contribution in [2.75, 3.05) is 6.61 Å². The van der Waals surface area contributed by atoms with Gasteiger partial charge in [0.2, 0.25) is 0 Å². The Labute approximate surface area is 159 Å². The van der Waals surface area contributed by atoms with E-state index < -0.39 is 5.97 Å². The van der Waals surface area contributed by atoms with E-state index in [0.717, 1.165) is 10.0 Å². The lowest BCUT2D eigenvalue weighted by Crippen LogP contribution is -2.14. The maximum atomic E-state index is 13.1. The fourth-order valence-electron chi connectivity index (χ4n) is 2.59. The minimum absolute atomic E-state index is 0.275. The van der Waals surface area contributed by atoms with Crippen LogP contribution in [0.2, 0.25) is 0 Å². The molecule has 7 heteroatoms. The molecule has 2 aromatic heterocycles. The number of pyridine rings is 1. The molecule has 0 N–H and O–H groups in total. The Hall–Kier alpha value is -2.54. The molecule has 0 radical (unpaired) electrons. The van der Waals surface area contributed by atoms with Crippen LogP contribution in [0.25, 0.3) is 11.5 Å². The molecule has 0 saturated heterocycles. The van der Waals surface area contributed by atoms with Gasteiger partial charge in [0, 0.05) is 17.2 Å². The first-order chi connectivity index (χ1) is 12.6. The van der Waals surface area contributed by atoms with Crippen molar-refractivity contribution in [1.82, 2.24) is 14.5 Å². The van der Waals surface area contributed by atoms with Gasteiger partial charge in [-0.3, -0.25) is 4.98 Å². The molecule has 0 unspecified atom stereocenters. The fourth-order valence-corrected chi connectivity index (χ4v) is 2.93. The van der Waals surface area contributed by atoms with Gasteiger partial charge in [-0.05, 0) is 43.2 Å². The number of aromatic nitrogens is 3. The van der Waals surface area contributed by atoms with Crippen molar-refractivity contribution in [1.29, 1.82) is 0 Å². The SMILES string of the molecule is CCOC(=O)c1cnc(-c2cc(Br)ccn2)n1CCc1ccc(F)cc1. The van der Waals surface area contributed by atoms with E-state index in [-0.39, 0.29) is 12.4 Å². The molecular formula is C19H17BrFN3O2. The van der Waals surface area contributed by atoms with Crippen LogP contribution in [0.15, 0.2) is 53.3 Å². The summed E-state index contributed by atoms with van der Waals surface area (Å²) in [5, 5.41) is 0. The van der Waals surface area contributed by atoms with Crippen LogP contribution in [-0.2, 0) is 17.7 Å². The van der Waals surface area contributed by atoms with Crippen LogP contribution in [0.3, 0.4) is 0 Å². The topological polar surface area (TPSA) is 57.0 Å². The average molecular weight is 418 g/mol. The number of imidazole rings is 1. The number of ether oxygens (including phenoxy) is 1. The molecule has 5 nitrogen and oxygen atoms in total. The molecule has 0 aliphatic rings. The van der Waals surface area contributed by atoms with Gasteiger partial charge in [0.05, 0.1) is 12.8 Å². The van der Waals surface area contributed by atoms with Crippen LogP contribution in [0.4, 0.5) is 4.39 Å². The van der Waals surface area contributed by atoms with Gasteiger partial charge in [-0.25, -0.2) is 14.2 Å². The third kappa shape index (κ3) is 4.16. The van der Waals surface area contributed by atoms with Crippen LogP contribution in [0, 0.1) is 5.82 Å². The highest BCUT2D eigenvalue weighted by molar-refractivity contribution is 9.10.